The number of carbonyl (C=O) groups is 2. The number of anilines is 1. The van der Waals surface area contributed by atoms with Gasteiger partial charge in [0.15, 0.2) is 0 Å². The van der Waals surface area contributed by atoms with Crippen LogP contribution in [0.25, 0.3) is 0 Å². The van der Waals surface area contributed by atoms with Crippen molar-refractivity contribution in [1.82, 2.24) is 4.90 Å². The molecule has 0 bridgehead atoms. The number of rotatable bonds is 5. The maximum Gasteiger partial charge on any atom is 0.254 e. The maximum absolute atomic E-state index is 13.5. The molecule has 1 aliphatic heterocycles. The fourth-order valence-electron chi connectivity index (χ4n) is 3.99. The lowest BCUT2D eigenvalue weighted by Crippen LogP contribution is -2.47. The lowest BCUT2D eigenvalue weighted by Gasteiger charge is -2.42. The van der Waals surface area contributed by atoms with Gasteiger partial charge in [-0.25, -0.2) is 0 Å². The lowest BCUT2D eigenvalue weighted by molar-refractivity contribution is -0.119. The van der Waals surface area contributed by atoms with Gasteiger partial charge in [-0.3, -0.25) is 9.59 Å². The van der Waals surface area contributed by atoms with E-state index in [1.807, 2.05) is 77.0 Å². The molecule has 29 heavy (non-hydrogen) atoms. The van der Waals surface area contributed by atoms with E-state index in [1.165, 1.54) is 0 Å². The van der Waals surface area contributed by atoms with Crippen molar-refractivity contribution < 1.29 is 9.59 Å². The first-order valence-corrected chi connectivity index (χ1v) is 10.7. The number of hydrogen-bond donors (Lipinski definition) is 1. The zero-order valence-electron chi connectivity index (χ0n) is 16.5. The highest BCUT2D eigenvalue weighted by atomic mass is 32.1. The third-order valence-electron chi connectivity index (χ3n) is 5.16. The number of fused-ring (bicyclic) bond motifs is 1. The van der Waals surface area contributed by atoms with Gasteiger partial charge in [0.1, 0.15) is 0 Å². The predicted molar refractivity (Wildman–Crippen MR) is 117 cm³/mol. The van der Waals surface area contributed by atoms with Crippen LogP contribution in [0.3, 0.4) is 0 Å². The Labute approximate surface area is 175 Å². The van der Waals surface area contributed by atoms with Gasteiger partial charge in [0.2, 0.25) is 5.91 Å². The molecule has 1 aliphatic rings. The van der Waals surface area contributed by atoms with Gasteiger partial charge in [0, 0.05) is 22.7 Å². The summed E-state index contributed by atoms with van der Waals surface area (Å²) in [5, 5.41) is 5.06. The average molecular weight is 405 g/mol. The number of amides is 2. The molecular formula is C24H24N2O2S. The minimum absolute atomic E-state index is 0.00328. The average Bonchev–Trinajstić information content (AvgIpc) is 3.24. The summed E-state index contributed by atoms with van der Waals surface area (Å²) in [5.41, 5.74) is 2.17. The Kier molecular flexibility index (Phi) is 5.49. The fraction of sp³-hybridized carbons (Fsp3) is 0.250. The van der Waals surface area contributed by atoms with E-state index >= 15 is 0 Å². The van der Waals surface area contributed by atoms with Crippen molar-refractivity contribution in [3.63, 3.8) is 0 Å². The third-order valence-corrected chi connectivity index (χ3v) is 6.10. The normalized spacial score (nSPS) is 18.6. The highest BCUT2D eigenvalue weighted by molar-refractivity contribution is 7.10. The Bertz CT molecular complexity index is 999. The summed E-state index contributed by atoms with van der Waals surface area (Å²) in [6, 6.07) is 20.7. The molecule has 2 amide bonds. The van der Waals surface area contributed by atoms with Gasteiger partial charge in [0.25, 0.3) is 5.91 Å². The maximum atomic E-state index is 13.5. The summed E-state index contributed by atoms with van der Waals surface area (Å²) < 4.78 is 0. The third kappa shape index (κ3) is 3.83. The monoisotopic (exact) mass is 404 g/mol. The summed E-state index contributed by atoms with van der Waals surface area (Å²) in [4.78, 5) is 29.8. The van der Waals surface area contributed by atoms with Crippen LogP contribution < -0.4 is 5.32 Å². The number of nitrogens with zero attached hydrogens (tertiary/aromatic N) is 1. The highest BCUT2D eigenvalue weighted by Gasteiger charge is 2.44. The van der Waals surface area contributed by atoms with Gasteiger partial charge in [-0.2, -0.15) is 0 Å². The van der Waals surface area contributed by atoms with Gasteiger partial charge in [-0.05, 0) is 41.1 Å². The van der Waals surface area contributed by atoms with Crippen molar-refractivity contribution in [3.05, 3.63) is 88.1 Å². The Morgan fingerprint density at radius 2 is 1.76 bits per heavy atom. The van der Waals surface area contributed by atoms with Gasteiger partial charge >= 0.3 is 0 Å². The van der Waals surface area contributed by atoms with E-state index in [0.29, 0.717) is 18.0 Å². The molecule has 2 atom stereocenters. The SMILES string of the molecule is CC(C)CN1C(=O)c2ccccc2C(C(=O)Nc2ccccc2)C1c1cccs1. The molecule has 3 aromatic rings. The van der Waals surface area contributed by atoms with Gasteiger partial charge < -0.3 is 10.2 Å². The van der Waals surface area contributed by atoms with E-state index in [-0.39, 0.29) is 17.9 Å². The summed E-state index contributed by atoms with van der Waals surface area (Å²) in [7, 11) is 0. The van der Waals surface area contributed by atoms with Crippen molar-refractivity contribution >= 4 is 28.8 Å². The van der Waals surface area contributed by atoms with Crippen LogP contribution in [0.4, 0.5) is 5.69 Å². The molecule has 0 fully saturated rings. The Balaban J connectivity index is 1.82. The van der Waals surface area contributed by atoms with E-state index in [1.54, 1.807) is 11.3 Å². The first-order valence-electron chi connectivity index (χ1n) is 9.85. The second-order valence-electron chi connectivity index (χ2n) is 7.73. The largest absolute Gasteiger partial charge is 0.329 e. The predicted octanol–water partition coefficient (Wildman–Crippen LogP) is 5.32. The smallest absolute Gasteiger partial charge is 0.254 e. The zero-order valence-corrected chi connectivity index (χ0v) is 17.4. The molecule has 2 unspecified atom stereocenters. The molecule has 1 aromatic heterocycles. The molecule has 0 saturated carbocycles. The van der Waals surface area contributed by atoms with Crippen LogP contribution in [0.5, 0.6) is 0 Å². The fourth-order valence-corrected chi connectivity index (χ4v) is 4.86. The van der Waals surface area contributed by atoms with E-state index < -0.39 is 5.92 Å². The Morgan fingerprint density at radius 3 is 2.45 bits per heavy atom. The molecule has 4 rings (SSSR count). The van der Waals surface area contributed by atoms with E-state index in [4.69, 9.17) is 0 Å². The highest BCUT2D eigenvalue weighted by Crippen LogP contribution is 2.44. The van der Waals surface area contributed by atoms with Crippen LogP contribution in [-0.2, 0) is 4.79 Å². The van der Waals surface area contributed by atoms with Crippen molar-refractivity contribution in [2.75, 3.05) is 11.9 Å². The number of carbonyl (C=O) groups excluding carboxylic acids is 2. The van der Waals surface area contributed by atoms with Gasteiger partial charge in [0.05, 0.1) is 12.0 Å². The number of thiophene rings is 1. The van der Waals surface area contributed by atoms with Crippen LogP contribution in [-0.4, -0.2) is 23.3 Å². The number of nitrogens with one attached hydrogen (secondary N) is 1. The summed E-state index contributed by atoms with van der Waals surface area (Å²) in [6.07, 6.45) is 0. The summed E-state index contributed by atoms with van der Waals surface area (Å²) >= 11 is 1.59. The molecule has 5 heteroatoms. The molecule has 148 valence electrons. The van der Waals surface area contributed by atoms with Crippen LogP contribution >= 0.6 is 11.3 Å². The minimum atomic E-state index is -0.471. The van der Waals surface area contributed by atoms with Crippen molar-refractivity contribution in [3.8, 4) is 0 Å². The first kappa shape index (κ1) is 19.4. The Morgan fingerprint density at radius 1 is 1.03 bits per heavy atom. The quantitative estimate of drug-likeness (QED) is 0.625. The molecule has 0 radical (unpaired) electrons. The van der Waals surface area contributed by atoms with Gasteiger partial charge in [-0.1, -0.05) is 56.3 Å². The minimum Gasteiger partial charge on any atom is -0.329 e. The number of para-hydroxylation sites is 1. The van der Waals surface area contributed by atoms with E-state index in [9.17, 15) is 9.59 Å². The molecule has 0 spiro atoms. The van der Waals surface area contributed by atoms with Crippen LogP contribution in [0.1, 0.15) is 46.6 Å². The molecular weight excluding hydrogens is 380 g/mol. The first-order chi connectivity index (χ1) is 14.1. The topological polar surface area (TPSA) is 49.4 Å². The van der Waals surface area contributed by atoms with Crippen LogP contribution in [0.15, 0.2) is 72.1 Å². The van der Waals surface area contributed by atoms with Gasteiger partial charge in [-0.15, -0.1) is 11.3 Å². The van der Waals surface area contributed by atoms with Crippen molar-refractivity contribution in [1.29, 1.82) is 0 Å². The van der Waals surface area contributed by atoms with E-state index in [0.717, 1.165) is 16.1 Å². The summed E-state index contributed by atoms with van der Waals surface area (Å²) in [6.45, 7) is 4.79. The second-order valence-corrected chi connectivity index (χ2v) is 8.71. The standard InChI is InChI=1S/C24H24N2O2S/c1-16(2)15-26-22(20-13-8-14-29-20)21(18-11-6-7-12-19(18)24(26)28)23(27)25-17-9-4-3-5-10-17/h3-14,16,21-22H,15H2,1-2H3,(H,25,27). The molecule has 0 aliphatic carbocycles. The van der Waals surface area contributed by atoms with E-state index in [2.05, 4.69) is 19.2 Å². The summed E-state index contributed by atoms with van der Waals surface area (Å²) in [5.74, 6) is -0.272. The molecule has 4 nitrogen and oxygen atoms in total. The van der Waals surface area contributed by atoms with Crippen LogP contribution in [0, 0.1) is 5.92 Å². The number of hydrogen-bond acceptors (Lipinski definition) is 3. The second kappa shape index (κ2) is 8.21. The molecule has 2 heterocycles. The molecule has 2 aromatic carbocycles. The lowest BCUT2D eigenvalue weighted by atomic mass is 9.81. The number of benzene rings is 2. The molecule has 0 saturated heterocycles. The van der Waals surface area contributed by atoms with Crippen LogP contribution in [0.2, 0.25) is 0 Å². The van der Waals surface area contributed by atoms with Crippen molar-refractivity contribution in [2.24, 2.45) is 5.92 Å². The Hall–Kier alpha value is -2.92. The molecule has 1 N–H and O–H groups in total. The van der Waals surface area contributed by atoms with Crippen molar-refractivity contribution in [2.45, 2.75) is 25.8 Å². The zero-order chi connectivity index (χ0) is 20.4.